The van der Waals surface area contributed by atoms with Crippen LogP contribution in [-0.4, -0.2) is 5.91 Å². The van der Waals surface area contributed by atoms with E-state index < -0.39 is 0 Å². The van der Waals surface area contributed by atoms with Gasteiger partial charge in [0.25, 0.3) is 0 Å². The first-order chi connectivity index (χ1) is 10.1. The molecule has 0 spiro atoms. The number of rotatable bonds is 4. The predicted molar refractivity (Wildman–Crippen MR) is 84.2 cm³/mol. The van der Waals surface area contributed by atoms with Crippen molar-refractivity contribution in [1.29, 1.82) is 5.26 Å². The van der Waals surface area contributed by atoms with Crippen LogP contribution in [0, 0.1) is 11.3 Å². The van der Waals surface area contributed by atoms with E-state index in [0.29, 0.717) is 17.1 Å². The van der Waals surface area contributed by atoms with Crippen LogP contribution < -0.4 is 10.6 Å². The third-order valence-electron chi connectivity index (χ3n) is 2.90. The summed E-state index contributed by atoms with van der Waals surface area (Å²) in [5.74, 6) is -0.112. The number of hydrogen-bond donors (Lipinski definition) is 2. The predicted octanol–water partition coefficient (Wildman–Crippen LogP) is 3.78. The van der Waals surface area contributed by atoms with E-state index in [0.717, 1.165) is 16.9 Å². The molecule has 2 rings (SSSR count). The summed E-state index contributed by atoms with van der Waals surface area (Å²) in [6.07, 6.45) is 0. The number of amides is 1. The third kappa shape index (κ3) is 3.98. The van der Waals surface area contributed by atoms with E-state index in [1.165, 1.54) is 6.92 Å². The minimum absolute atomic E-state index is 0.112. The van der Waals surface area contributed by atoms with E-state index in [1.54, 1.807) is 18.2 Å². The second-order valence-corrected chi connectivity index (χ2v) is 4.91. The monoisotopic (exact) mass is 299 g/mol. The summed E-state index contributed by atoms with van der Waals surface area (Å²) in [6, 6.07) is 14.7. The van der Waals surface area contributed by atoms with E-state index in [4.69, 9.17) is 16.9 Å². The Balaban J connectivity index is 2.13. The summed E-state index contributed by atoms with van der Waals surface area (Å²) < 4.78 is 0. The Morgan fingerprint density at radius 1 is 1.24 bits per heavy atom. The number of carbonyl (C=O) groups excluding carboxylic acids is 1. The highest BCUT2D eigenvalue weighted by molar-refractivity contribution is 6.33. The zero-order valence-corrected chi connectivity index (χ0v) is 12.2. The number of carbonyl (C=O) groups is 1. The molecule has 0 radical (unpaired) electrons. The van der Waals surface area contributed by atoms with Gasteiger partial charge >= 0.3 is 0 Å². The van der Waals surface area contributed by atoms with Crippen molar-refractivity contribution in [3.63, 3.8) is 0 Å². The van der Waals surface area contributed by atoms with Gasteiger partial charge < -0.3 is 10.6 Å². The van der Waals surface area contributed by atoms with Gasteiger partial charge in [-0.05, 0) is 29.8 Å². The summed E-state index contributed by atoms with van der Waals surface area (Å²) in [5.41, 5.74) is 2.98. The highest BCUT2D eigenvalue weighted by Gasteiger charge is 2.05. The fraction of sp³-hybridized carbons (Fsp3) is 0.125. The number of nitrogens with zero attached hydrogens (tertiary/aromatic N) is 1. The number of nitrogens with one attached hydrogen (secondary N) is 2. The second-order valence-electron chi connectivity index (χ2n) is 4.50. The Hall–Kier alpha value is -2.51. The Morgan fingerprint density at radius 2 is 2.00 bits per heavy atom. The first-order valence-electron chi connectivity index (χ1n) is 6.39. The summed E-state index contributed by atoms with van der Waals surface area (Å²) in [5, 5.41) is 15.3. The number of anilines is 2. The van der Waals surface area contributed by atoms with Crippen molar-refractivity contribution >= 4 is 28.9 Å². The summed E-state index contributed by atoms with van der Waals surface area (Å²) in [7, 11) is 0. The molecule has 1 amide bonds. The lowest BCUT2D eigenvalue weighted by atomic mass is 10.1. The van der Waals surface area contributed by atoms with Gasteiger partial charge in [-0.1, -0.05) is 29.8 Å². The van der Waals surface area contributed by atoms with Crippen LogP contribution >= 0.6 is 11.6 Å². The van der Waals surface area contributed by atoms with Gasteiger partial charge in [0.05, 0.1) is 22.3 Å². The maximum absolute atomic E-state index is 11.2. The van der Waals surface area contributed by atoms with Gasteiger partial charge in [0.1, 0.15) is 0 Å². The van der Waals surface area contributed by atoms with Crippen LogP contribution in [0.2, 0.25) is 5.02 Å². The zero-order chi connectivity index (χ0) is 15.2. The van der Waals surface area contributed by atoms with Crippen LogP contribution in [0.15, 0.2) is 42.5 Å². The van der Waals surface area contributed by atoms with Crippen molar-refractivity contribution in [1.82, 2.24) is 0 Å². The van der Waals surface area contributed by atoms with Gasteiger partial charge in [-0.3, -0.25) is 4.79 Å². The lowest BCUT2D eigenvalue weighted by Gasteiger charge is -2.12. The molecule has 0 saturated heterocycles. The van der Waals surface area contributed by atoms with Crippen LogP contribution in [0.25, 0.3) is 0 Å². The first kappa shape index (κ1) is 14.9. The molecule has 0 fully saturated rings. The van der Waals surface area contributed by atoms with Crippen LogP contribution in [0.5, 0.6) is 0 Å². The van der Waals surface area contributed by atoms with E-state index in [9.17, 15) is 4.79 Å². The van der Waals surface area contributed by atoms with Gasteiger partial charge in [-0.2, -0.15) is 5.26 Å². The molecule has 2 aromatic rings. The van der Waals surface area contributed by atoms with Gasteiger partial charge in [-0.25, -0.2) is 0 Å². The molecule has 4 nitrogen and oxygen atoms in total. The largest absolute Gasteiger partial charge is 0.380 e. The average Bonchev–Trinajstić information content (AvgIpc) is 2.46. The molecule has 0 bridgehead atoms. The van der Waals surface area contributed by atoms with E-state index in [2.05, 4.69) is 10.6 Å². The number of halogens is 1. The maximum Gasteiger partial charge on any atom is 0.221 e. The zero-order valence-electron chi connectivity index (χ0n) is 11.5. The number of nitriles is 1. The molecular weight excluding hydrogens is 286 g/mol. The Labute approximate surface area is 128 Å². The fourth-order valence-electron chi connectivity index (χ4n) is 1.90. The van der Waals surface area contributed by atoms with Crippen molar-refractivity contribution in [2.24, 2.45) is 0 Å². The molecular formula is C16H14ClN3O. The smallest absolute Gasteiger partial charge is 0.221 e. The lowest BCUT2D eigenvalue weighted by molar-refractivity contribution is -0.114. The van der Waals surface area contributed by atoms with Crippen molar-refractivity contribution < 1.29 is 4.79 Å². The van der Waals surface area contributed by atoms with Gasteiger partial charge in [0.2, 0.25) is 5.91 Å². The standard InChI is InChI=1S/C16H14ClN3O/c1-11(21)20-15-5-3-2-4-13(15)10-19-16-7-6-12(9-18)8-14(16)17/h2-8,19H,10H2,1H3,(H,20,21). The highest BCUT2D eigenvalue weighted by Crippen LogP contribution is 2.24. The van der Waals surface area contributed by atoms with Crippen LogP contribution in [-0.2, 0) is 11.3 Å². The average molecular weight is 300 g/mol. The molecule has 5 heteroatoms. The van der Waals surface area contributed by atoms with Gasteiger partial charge in [0, 0.05) is 19.2 Å². The molecule has 0 aliphatic heterocycles. The van der Waals surface area contributed by atoms with Crippen molar-refractivity contribution in [2.75, 3.05) is 10.6 Å². The topological polar surface area (TPSA) is 64.9 Å². The van der Waals surface area contributed by atoms with Gasteiger partial charge in [0.15, 0.2) is 0 Å². The molecule has 0 heterocycles. The summed E-state index contributed by atoms with van der Waals surface area (Å²) in [6.45, 7) is 1.99. The van der Waals surface area contributed by atoms with E-state index in [-0.39, 0.29) is 5.91 Å². The minimum atomic E-state index is -0.112. The summed E-state index contributed by atoms with van der Waals surface area (Å²) >= 11 is 6.12. The Bertz CT molecular complexity index is 707. The molecule has 2 aromatic carbocycles. The molecule has 0 aliphatic carbocycles. The fourth-order valence-corrected chi connectivity index (χ4v) is 2.15. The number of para-hydroxylation sites is 1. The third-order valence-corrected chi connectivity index (χ3v) is 3.21. The quantitative estimate of drug-likeness (QED) is 0.903. The van der Waals surface area contributed by atoms with Crippen LogP contribution in [0.4, 0.5) is 11.4 Å². The normalized spacial score (nSPS) is 9.76. The van der Waals surface area contributed by atoms with Crippen molar-refractivity contribution in [3.05, 3.63) is 58.6 Å². The maximum atomic E-state index is 11.2. The number of hydrogen-bond acceptors (Lipinski definition) is 3. The molecule has 0 unspecified atom stereocenters. The molecule has 0 aliphatic rings. The molecule has 0 atom stereocenters. The SMILES string of the molecule is CC(=O)Nc1ccccc1CNc1ccc(C#N)cc1Cl. The number of benzene rings is 2. The summed E-state index contributed by atoms with van der Waals surface area (Å²) in [4.78, 5) is 11.2. The lowest BCUT2D eigenvalue weighted by Crippen LogP contribution is -2.10. The van der Waals surface area contributed by atoms with E-state index >= 15 is 0 Å². The van der Waals surface area contributed by atoms with E-state index in [1.807, 2.05) is 30.3 Å². The molecule has 2 N–H and O–H groups in total. The minimum Gasteiger partial charge on any atom is -0.380 e. The van der Waals surface area contributed by atoms with Crippen LogP contribution in [0.1, 0.15) is 18.1 Å². The first-order valence-corrected chi connectivity index (χ1v) is 6.77. The van der Waals surface area contributed by atoms with Crippen LogP contribution in [0.3, 0.4) is 0 Å². The Kier molecular flexibility index (Phi) is 4.81. The highest BCUT2D eigenvalue weighted by atomic mass is 35.5. The second kappa shape index (κ2) is 6.78. The van der Waals surface area contributed by atoms with Crippen molar-refractivity contribution in [2.45, 2.75) is 13.5 Å². The molecule has 106 valence electrons. The Morgan fingerprint density at radius 3 is 2.67 bits per heavy atom. The van der Waals surface area contributed by atoms with Gasteiger partial charge in [-0.15, -0.1) is 0 Å². The molecule has 0 aromatic heterocycles. The molecule has 0 saturated carbocycles. The molecule has 21 heavy (non-hydrogen) atoms. The van der Waals surface area contributed by atoms with Crippen molar-refractivity contribution in [3.8, 4) is 6.07 Å².